The third kappa shape index (κ3) is 4.58. The van der Waals surface area contributed by atoms with Gasteiger partial charge in [0, 0.05) is 23.5 Å². The van der Waals surface area contributed by atoms with E-state index in [0.29, 0.717) is 18.0 Å². The summed E-state index contributed by atoms with van der Waals surface area (Å²) < 4.78 is 6.11. The van der Waals surface area contributed by atoms with Crippen LogP contribution in [-0.2, 0) is 9.59 Å². The maximum Gasteiger partial charge on any atom is 0.229 e. The van der Waals surface area contributed by atoms with E-state index in [0.717, 1.165) is 23.4 Å². The molecule has 6 heteroatoms. The van der Waals surface area contributed by atoms with E-state index in [4.69, 9.17) is 4.74 Å². The van der Waals surface area contributed by atoms with Crippen LogP contribution in [0.3, 0.4) is 0 Å². The molecule has 2 amide bonds. The van der Waals surface area contributed by atoms with Gasteiger partial charge in [-0.05, 0) is 68.3 Å². The van der Waals surface area contributed by atoms with E-state index in [-0.39, 0.29) is 30.3 Å². The number of ether oxygens (including phenoxy) is 1. The lowest BCUT2D eigenvalue weighted by atomic mass is 10.1. The molecule has 29 heavy (non-hydrogen) atoms. The van der Waals surface area contributed by atoms with E-state index in [1.807, 2.05) is 54.8 Å². The second-order valence-electron chi connectivity index (χ2n) is 7.61. The maximum absolute atomic E-state index is 12.9. The van der Waals surface area contributed by atoms with Crippen molar-refractivity contribution in [1.29, 1.82) is 0 Å². The van der Waals surface area contributed by atoms with Crippen molar-refractivity contribution in [2.45, 2.75) is 43.1 Å². The second-order valence-corrected chi connectivity index (χ2v) is 8.49. The topological polar surface area (TPSA) is 58.6 Å². The summed E-state index contributed by atoms with van der Waals surface area (Å²) in [5.74, 6) is 0.186. The van der Waals surface area contributed by atoms with Gasteiger partial charge in [0.1, 0.15) is 5.75 Å². The average molecular weight is 411 g/mol. The predicted molar refractivity (Wildman–Crippen MR) is 117 cm³/mol. The molecule has 2 fully saturated rings. The van der Waals surface area contributed by atoms with E-state index >= 15 is 0 Å². The number of para-hydroxylation sites is 2. The molecular formula is C23H26N2O3S. The molecule has 1 unspecified atom stereocenters. The smallest absolute Gasteiger partial charge is 0.229 e. The van der Waals surface area contributed by atoms with Gasteiger partial charge in [-0.3, -0.25) is 9.59 Å². The molecule has 1 heterocycles. The summed E-state index contributed by atoms with van der Waals surface area (Å²) in [4.78, 5) is 28.2. The predicted octanol–water partition coefficient (Wildman–Crippen LogP) is 4.72. The SMILES string of the molecule is CSc1ccc(N2CC(C(=O)Nc3ccccc3OC3CCCC3)CC2=O)cc1. The van der Waals surface area contributed by atoms with Crippen molar-refractivity contribution in [3.63, 3.8) is 0 Å². The van der Waals surface area contributed by atoms with Crippen molar-refractivity contribution in [2.24, 2.45) is 5.92 Å². The minimum absolute atomic E-state index is 0.0162. The van der Waals surface area contributed by atoms with Gasteiger partial charge in [-0.25, -0.2) is 0 Å². The number of amides is 2. The van der Waals surface area contributed by atoms with Gasteiger partial charge in [0.25, 0.3) is 0 Å². The highest BCUT2D eigenvalue weighted by atomic mass is 32.2. The van der Waals surface area contributed by atoms with Crippen LogP contribution in [0.25, 0.3) is 0 Å². The summed E-state index contributed by atoms with van der Waals surface area (Å²) in [5.41, 5.74) is 1.52. The molecule has 2 aliphatic rings. The van der Waals surface area contributed by atoms with Gasteiger partial charge in [0.05, 0.1) is 17.7 Å². The lowest BCUT2D eigenvalue weighted by molar-refractivity contribution is -0.122. The van der Waals surface area contributed by atoms with Gasteiger partial charge in [0.15, 0.2) is 0 Å². The number of anilines is 2. The normalized spacial score (nSPS) is 19.6. The quantitative estimate of drug-likeness (QED) is 0.700. The first kappa shape index (κ1) is 19.8. The lowest BCUT2D eigenvalue weighted by Gasteiger charge is -2.19. The Kier molecular flexibility index (Phi) is 6.09. The fraction of sp³-hybridized carbons (Fsp3) is 0.391. The molecule has 1 aliphatic carbocycles. The van der Waals surface area contributed by atoms with Crippen LogP contribution < -0.4 is 15.0 Å². The number of thioether (sulfide) groups is 1. The van der Waals surface area contributed by atoms with Crippen molar-refractivity contribution >= 4 is 35.0 Å². The van der Waals surface area contributed by atoms with Crippen molar-refractivity contribution in [3.8, 4) is 5.75 Å². The monoisotopic (exact) mass is 410 g/mol. The third-order valence-electron chi connectivity index (χ3n) is 5.62. The van der Waals surface area contributed by atoms with E-state index in [9.17, 15) is 9.59 Å². The van der Waals surface area contributed by atoms with Crippen LogP contribution in [0.2, 0.25) is 0 Å². The molecule has 0 radical (unpaired) electrons. The van der Waals surface area contributed by atoms with E-state index in [1.165, 1.54) is 12.8 Å². The number of rotatable bonds is 6. The number of hydrogen-bond acceptors (Lipinski definition) is 4. The van der Waals surface area contributed by atoms with Gasteiger partial charge in [0.2, 0.25) is 11.8 Å². The summed E-state index contributed by atoms with van der Waals surface area (Å²) >= 11 is 1.66. The number of nitrogens with one attached hydrogen (secondary N) is 1. The molecule has 0 bridgehead atoms. The Balaban J connectivity index is 1.42. The second kappa shape index (κ2) is 8.91. The Bertz CT molecular complexity index is 878. The molecule has 1 aliphatic heterocycles. The fourth-order valence-corrected chi connectivity index (χ4v) is 4.40. The Labute approximate surface area is 175 Å². The number of carbonyl (C=O) groups is 2. The molecule has 1 saturated carbocycles. The Hall–Kier alpha value is -2.47. The molecular weight excluding hydrogens is 384 g/mol. The summed E-state index contributed by atoms with van der Waals surface area (Å²) in [6.07, 6.45) is 6.97. The Morgan fingerprint density at radius 1 is 1.10 bits per heavy atom. The first-order chi connectivity index (χ1) is 14.1. The zero-order valence-corrected chi connectivity index (χ0v) is 17.4. The molecule has 0 aromatic heterocycles. The van der Waals surface area contributed by atoms with Gasteiger partial charge in [-0.1, -0.05) is 12.1 Å². The summed E-state index contributed by atoms with van der Waals surface area (Å²) in [5, 5.41) is 2.99. The van der Waals surface area contributed by atoms with Gasteiger partial charge in [-0.15, -0.1) is 11.8 Å². The van der Waals surface area contributed by atoms with Crippen LogP contribution >= 0.6 is 11.8 Å². The standard InChI is InChI=1S/C23H26N2O3S/c1-29-19-12-10-17(11-13-19)25-15-16(14-22(25)26)23(27)24-20-8-4-5-9-21(20)28-18-6-2-3-7-18/h4-5,8-13,16,18H,2-3,6-7,14-15H2,1H3,(H,24,27). The first-order valence-corrected chi connectivity index (χ1v) is 11.4. The van der Waals surface area contributed by atoms with Crippen molar-refractivity contribution in [2.75, 3.05) is 23.0 Å². The molecule has 0 spiro atoms. The zero-order chi connectivity index (χ0) is 20.2. The maximum atomic E-state index is 12.9. The Morgan fingerprint density at radius 3 is 2.55 bits per heavy atom. The molecule has 5 nitrogen and oxygen atoms in total. The van der Waals surface area contributed by atoms with Crippen LogP contribution in [-0.4, -0.2) is 30.7 Å². The number of benzene rings is 2. The fourth-order valence-electron chi connectivity index (χ4n) is 3.99. The molecule has 1 saturated heterocycles. The summed E-state index contributed by atoms with van der Waals surface area (Å²) in [7, 11) is 0. The molecule has 1 atom stereocenters. The minimum Gasteiger partial charge on any atom is -0.488 e. The van der Waals surface area contributed by atoms with Crippen LogP contribution in [0.1, 0.15) is 32.1 Å². The number of carbonyl (C=O) groups excluding carboxylic acids is 2. The molecule has 2 aromatic carbocycles. The van der Waals surface area contributed by atoms with E-state index in [1.54, 1.807) is 16.7 Å². The van der Waals surface area contributed by atoms with Gasteiger partial charge in [-0.2, -0.15) is 0 Å². The lowest BCUT2D eigenvalue weighted by Crippen LogP contribution is -2.28. The summed E-state index contributed by atoms with van der Waals surface area (Å²) in [6, 6.07) is 15.4. The largest absolute Gasteiger partial charge is 0.488 e. The van der Waals surface area contributed by atoms with Gasteiger partial charge < -0.3 is 15.0 Å². The first-order valence-electron chi connectivity index (χ1n) is 10.1. The van der Waals surface area contributed by atoms with Crippen molar-refractivity contribution in [3.05, 3.63) is 48.5 Å². The van der Waals surface area contributed by atoms with E-state index < -0.39 is 0 Å². The highest BCUT2D eigenvalue weighted by molar-refractivity contribution is 7.98. The Morgan fingerprint density at radius 2 is 1.83 bits per heavy atom. The highest BCUT2D eigenvalue weighted by Gasteiger charge is 2.35. The zero-order valence-electron chi connectivity index (χ0n) is 16.6. The highest BCUT2D eigenvalue weighted by Crippen LogP contribution is 2.32. The van der Waals surface area contributed by atoms with E-state index in [2.05, 4.69) is 5.32 Å². The number of nitrogens with zero attached hydrogens (tertiary/aromatic N) is 1. The van der Waals surface area contributed by atoms with Gasteiger partial charge >= 0.3 is 0 Å². The number of hydrogen-bond donors (Lipinski definition) is 1. The van der Waals surface area contributed by atoms with Crippen LogP contribution in [0, 0.1) is 5.92 Å². The molecule has 152 valence electrons. The molecule has 1 N–H and O–H groups in total. The molecule has 2 aromatic rings. The van der Waals surface area contributed by atoms with Crippen LogP contribution in [0.15, 0.2) is 53.4 Å². The van der Waals surface area contributed by atoms with Crippen LogP contribution in [0.4, 0.5) is 11.4 Å². The summed E-state index contributed by atoms with van der Waals surface area (Å²) in [6.45, 7) is 0.398. The minimum atomic E-state index is -0.373. The molecule has 4 rings (SSSR count). The van der Waals surface area contributed by atoms with Crippen molar-refractivity contribution in [1.82, 2.24) is 0 Å². The third-order valence-corrected chi connectivity index (χ3v) is 6.36. The van der Waals surface area contributed by atoms with Crippen molar-refractivity contribution < 1.29 is 14.3 Å². The van der Waals surface area contributed by atoms with Crippen LogP contribution in [0.5, 0.6) is 5.75 Å². The average Bonchev–Trinajstić information content (AvgIpc) is 3.39.